The fourth-order valence-corrected chi connectivity index (χ4v) is 0.830. The van der Waals surface area contributed by atoms with Crippen LogP contribution in [0.15, 0.2) is 12.5 Å². The number of hydrogen-bond acceptors (Lipinski definition) is 3. The third kappa shape index (κ3) is 5.80. The van der Waals surface area contributed by atoms with Gasteiger partial charge in [-0.15, -0.1) is 24.8 Å². The van der Waals surface area contributed by atoms with Crippen LogP contribution >= 0.6 is 24.8 Å². The Bertz CT molecular complexity index is 240. The number of aromatic nitrogens is 2. The Morgan fingerprint density at radius 1 is 1.57 bits per heavy atom. The molecule has 1 amide bonds. The zero-order chi connectivity index (χ0) is 8.81. The summed E-state index contributed by atoms with van der Waals surface area (Å²) >= 11 is 0. The summed E-state index contributed by atoms with van der Waals surface area (Å²) in [6.45, 7) is 0.640. The quantitative estimate of drug-likeness (QED) is 0.686. The largest absolute Gasteiger partial charge is 0.355 e. The number of nitrogens with zero attached hydrogens (tertiary/aromatic N) is 1. The predicted molar refractivity (Wildman–Crippen MR) is 58.9 cm³/mol. The fourth-order valence-electron chi connectivity index (χ4n) is 0.830. The third-order valence-corrected chi connectivity index (χ3v) is 1.46. The van der Waals surface area contributed by atoms with Gasteiger partial charge in [0, 0.05) is 24.9 Å². The van der Waals surface area contributed by atoms with E-state index in [1.54, 1.807) is 12.5 Å². The van der Waals surface area contributed by atoms with E-state index in [9.17, 15) is 4.79 Å². The number of H-pyrrole nitrogens is 1. The Morgan fingerprint density at radius 2 is 2.29 bits per heavy atom. The van der Waals surface area contributed by atoms with Gasteiger partial charge in [0.25, 0.3) is 0 Å². The van der Waals surface area contributed by atoms with E-state index in [0.717, 1.165) is 12.1 Å². The van der Waals surface area contributed by atoms with Crippen molar-refractivity contribution in [1.29, 1.82) is 0 Å². The van der Waals surface area contributed by atoms with Gasteiger partial charge in [-0.2, -0.15) is 0 Å². The molecular formula is C7H14Cl2N4O. The number of amides is 1. The minimum atomic E-state index is -0.130. The lowest BCUT2D eigenvalue weighted by Crippen LogP contribution is -2.31. The monoisotopic (exact) mass is 240 g/mol. The number of halogens is 2. The van der Waals surface area contributed by atoms with Crippen molar-refractivity contribution in [2.45, 2.75) is 6.42 Å². The first-order valence-corrected chi connectivity index (χ1v) is 3.77. The Hall–Kier alpha value is -0.780. The molecule has 1 aromatic heterocycles. The Labute approximate surface area is 94.7 Å². The molecule has 4 N–H and O–H groups in total. The molecule has 0 aliphatic rings. The SMILES string of the molecule is Cl.Cl.NCC(=O)NCCc1cnc[nH]1. The molecule has 0 spiro atoms. The van der Waals surface area contributed by atoms with Crippen LogP contribution in [0, 0.1) is 0 Å². The third-order valence-electron chi connectivity index (χ3n) is 1.46. The lowest BCUT2D eigenvalue weighted by Gasteiger charge is -2.00. The highest BCUT2D eigenvalue weighted by molar-refractivity contribution is 5.85. The van der Waals surface area contributed by atoms with E-state index < -0.39 is 0 Å². The zero-order valence-corrected chi connectivity index (χ0v) is 9.16. The molecule has 0 radical (unpaired) electrons. The molecule has 1 heterocycles. The summed E-state index contributed by atoms with van der Waals surface area (Å²) in [6, 6.07) is 0. The number of imidazole rings is 1. The molecule has 5 nitrogen and oxygen atoms in total. The van der Waals surface area contributed by atoms with Gasteiger partial charge in [0.1, 0.15) is 0 Å². The van der Waals surface area contributed by atoms with Crippen molar-refractivity contribution in [1.82, 2.24) is 15.3 Å². The van der Waals surface area contributed by atoms with Gasteiger partial charge < -0.3 is 16.0 Å². The summed E-state index contributed by atoms with van der Waals surface area (Å²) in [6.07, 6.45) is 4.10. The smallest absolute Gasteiger partial charge is 0.233 e. The van der Waals surface area contributed by atoms with Gasteiger partial charge in [-0.25, -0.2) is 4.98 Å². The molecular weight excluding hydrogens is 227 g/mol. The highest BCUT2D eigenvalue weighted by Crippen LogP contribution is 1.89. The van der Waals surface area contributed by atoms with Gasteiger partial charge in [-0.05, 0) is 0 Å². The fraction of sp³-hybridized carbons (Fsp3) is 0.429. The molecule has 1 rings (SSSR count). The van der Waals surface area contributed by atoms with Crippen molar-refractivity contribution in [3.63, 3.8) is 0 Å². The molecule has 0 aliphatic heterocycles. The molecule has 0 atom stereocenters. The van der Waals surface area contributed by atoms with Crippen molar-refractivity contribution in [2.75, 3.05) is 13.1 Å². The second-order valence-electron chi connectivity index (χ2n) is 2.38. The molecule has 0 saturated carbocycles. The molecule has 0 bridgehead atoms. The van der Waals surface area contributed by atoms with Gasteiger partial charge in [0.2, 0.25) is 5.91 Å². The lowest BCUT2D eigenvalue weighted by atomic mass is 10.3. The number of aromatic amines is 1. The summed E-state index contributed by atoms with van der Waals surface area (Å²) in [4.78, 5) is 17.5. The lowest BCUT2D eigenvalue weighted by molar-refractivity contribution is -0.119. The van der Waals surface area contributed by atoms with Crippen LogP contribution in [-0.2, 0) is 11.2 Å². The van der Waals surface area contributed by atoms with Crippen molar-refractivity contribution in [2.24, 2.45) is 5.73 Å². The van der Waals surface area contributed by atoms with Crippen molar-refractivity contribution < 1.29 is 4.79 Å². The van der Waals surface area contributed by atoms with E-state index in [4.69, 9.17) is 5.73 Å². The number of carbonyl (C=O) groups is 1. The van der Waals surface area contributed by atoms with Crippen LogP contribution in [0.3, 0.4) is 0 Å². The average molecular weight is 241 g/mol. The Morgan fingerprint density at radius 3 is 2.79 bits per heavy atom. The van der Waals surface area contributed by atoms with Crippen molar-refractivity contribution >= 4 is 30.7 Å². The first kappa shape index (κ1) is 15.7. The van der Waals surface area contributed by atoms with Crippen LogP contribution in [0.5, 0.6) is 0 Å². The maximum atomic E-state index is 10.7. The summed E-state index contributed by atoms with van der Waals surface area (Å²) in [5.74, 6) is -0.130. The molecule has 82 valence electrons. The van der Waals surface area contributed by atoms with Crippen LogP contribution in [0.2, 0.25) is 0 Å². The second-order valence-corrected chi connectivity index (χ2v) is 2.38. The van der Waals surface area contributed by atoms with Gasteiger partial charge in [-0.1, -0.05) is 0 Å². The average Bonchev–Trinajstić information content (AvgIpc) is 2.57. The molecule has 0 unspecified atom stereocenters. The maximum Gasteiger partial charge on any atom is 0.233 e. The van der Waals surface area contributed by atoms with E-state index in [1.165, 1.54) is 0 Å². The van der Waals surface area contributed by atoms with Crippen molar-refractivity contribution in [3.05, 3.63) is 18.2 Å². The van der Waals surface area contributed by atoms with Crippen LogP contribution in [-0.4, -0.2) is 29.0 Å². The summed E-state index contributed by atoms with van der Waals surface area (Å²) in [7, 11) is 0. The molecule has 0 aromatic carbocycles. The van der Waals surface area contributed by atoms with Gasteiger partial charge >= 0.3 is 0 Å². The molecule has 1 aromatic rings. The van der Waals surface area contributed by atoms with Gasteiger partial charge in [0.15, 0.2) is 0 Å². The standard InChI is InChI=1S/C7H12N4O.2ClH/c8-3-7(12)10-2-1-6-4-9-5-11-6;;/h4-5H,1-3,8H2,(H,9,11)(H,10,12);2*1H. The predicted octanol–water partition coefficient (Wildman–Crippen LogP) is -0.129. The summed E-state index contributed by atoms with van der Waals surface area (Å²) in [5, 5.41) is 2.66. The number of rotatable bonds is 4. The van der Waals surface area contributed by atoms with Crippen LogP contribution in [0.4, 0.5) is 0 Å². The van der Waals surface area contributed by atoms with E-state index in [2.05, 4.69) is 15.3 Å². The van der Waals surface area contributed by atoms with E-state index in [-0.39, 0.29) is 37.3 Å². The maximum absolute atomic E-state index is 10.7. The second kappa shape index (κ2) is 8.80. The molecule has 0 saturated heterocycles. The Balaban J connectivity index is 0. The minimum absolute atomic E-state index is 0. The topological polar surface area (TPSA) is 83.8 Å². The highest BCUT2D eigenvalue weighted by Gasteiger charge is 1.96. The van der Waals surface area contributed by atoms with Gasteiger partial charge in [-0.3, -0.25) is 4.79 Å². The molecule has 0 aliphatic carbocycles. The first-order valence-electron chi connectivity index (χ1n) is 3.77. The zero-order valence-electron chi connectivity index (χ0n) is 7.53. The normalized spacial score (nSPS) is 8.36. The number of nitrogens with two attached hydrogens (primary N) is 1. The number of hydrogen-bond donors (Lipinski definition) is 3. The number of nitrogens with one attached hydrogen (secondary N) is 2. The first-order chi connectivity index (χ1) is 5.83. The van der Waals surface area contributed by atoms with Crippen LogP contribution in [0.1, 0.15) is 5.69 Å². The van der Waals surface area contributed by atoms with Gasteiger partial charge in [0.05, 0.1) is 12.9 Å². The summed E-state index contributed by atoms with van der Waals surface area (Å²) in [5.41, 5.74) is 6.11. The number of carbonyl (C=O) groups excluding carboxylic acids is 1. The van der Waals surface area contributed by atoms with Crippen LogP contribution in [0.25, 0.3) is 0 Å². The van der Waals surface area contributed by atoms with Crippen LogP contribution < -0.4 is 11.1 Å². The Kier molecular flexibility index (Phi) is 9.86. The highest BCUT2D eigenvalue weighted by atomic mass is 35.5. The van der Waals surface area contributed by atoms with E-state index in [1.807, 2.05) is 0 Å². The molecule has 0 fully saturated rings. The minimum Gasteiger partial charge on any atom is -0.355 e. The van der Waals surface area contributed by atoms with Crippen molar-refractivity contribution in [3.8, 4) is 0 Å². The summed E-state index contributed by atoms with van der Waals surface area (Å²) < 4.78 is 0. The van der Waals surface area contributed by atoms with E-state index in [0.29, 0.717) is 6.54 Å². The van der Waals surface area contributed by atoms with E-state index >= 15 is 0 Å². The molecule has 14 heavy (non-hydrogen) atoms. The molecule has 7 heteroatoms.